The van der Waals surface area contributed by atoms with Crippen LogP contribution in [0.2, 0.25) is 0 Å². The number of nitrogens with one attached hydrogen (secondary N) is 1. The van der Waals surface area contributed by atoms with Gasteiger partial charge in [0.25, 0.3) is 5.92 Å². The van der Waals surface area contributed by atoms with Crippen LogP contribution in [0.1, 0.15) is 26.3 Å². The van der Waals surface area contributed by atoms with Crippen molar-refractivity contribution in [3.8, 4) is 11.1 Å². The smallest absolute Gasteiger partial charge is 0.283 e. The van der Waals surface area contributed by atoms with Gasteiger partial charge >= 0.3 is 0 Å². The maximum atomic E-state index is 15.4. The van der Waals surface area contributed by atoms with E-state index in [4.69, 9.17) is 0 Å². The van der Waals surface area contributed by atoms with Crippen molar-refractivity contribution >= 4 is 15.9 Å². The van der Waals surface area contributed by atoms with Crippen molar-refractivity contribution in [2.24, 2.45) is 5.92 Å². The fraction of sp³-hybridized carbons (Fsp3) is 0.435. The van der Waals surface area contributed by atoms with Gasteiger partial charge in [0, 0.05) is 17.0 Å². The number of likely N-dealkylation sites (tertiary alicyclic amines) is 1. The molecule has 186 valence electrons. The molecule has 11 heteroatoms. The lowest BCUT2D eigenvalue weighted by molar-refractivity contribution is -0.136. The highest BCUT2D eigenvalue weighted by Crippen LogP contribution is 2.37. The van der Waals surface area contributed by atoms with Gasteiger partial charge in [-0.05, 0) is 37.1 Å². The van der Waals surface area contributed by atoms with E-state index in [-0.39, 0.29) is 16.7 Å². The van der Waals surface area contributed by atoms with Gasteiger partial charge < -0.3 is 4.90 Å². The number of carbonyl (C=O) groups excluding carboxylic acids is 1. The van der Waals surface area contributed by atoms with E-state index in [0.717, 1.165) is 23.1 Å². The molecule has 0 bridgehead atoms. The maximum absolute atomic E-state index is 15.4. The molecule has 1 N–H and O–H groups in total. The van der Waals surface area contributed by atoms with Gasteiger partial charge in [-0.2, -0.15) is 0 Å². The first-order valence-corrected chi connectivity index (χ1v) is 12.3. The van der Waals surface area contributed by atoms with E-state index < -0.39 is 76.0 Å². The number of carbonyl (C=O) groups is 1. The normalized spacial score (nSPS) is 20.2. The van der Waals surface area contributed by atoms with Gasteiger partial charge in [-0.15, -0.1) is 0 Å². The van der Waals surface area contributed by atoms with Crippen molar-refractivity contribution in [1.29, 1.82) is 0 Å². The number of halogens is 5. The molecule has 1 aliphatic heterocycles. The molecular formula is C23H25F5N2O3S. The third-order valence-electron chi connectivity index (χ3n) is 5.81. The minimum atomic E-state index is -4.09. The van der Waals surface area contributed by atoms with Crippen LogP contribution >= 0.6 is 0 Å². The zero-order valence-corrected chi connectivity index (χ0v) is 19.6. The molecule has 1 amide bonds. The largest absolute Gasteiger partial charge is 0.331 e. The Balaban J connectivity index is 2.07. The van der Waals surface area contributed by atoms with Gasteiger partial charge in [0.1, 0.15) is 23.5 Å². The average molecular weight is 505 g/mol. The number of hydrogen-bond donors (Lipinski definition) is 1. The highest BCUT2D eigenvalue weighted by Gasteiger charge is 2.57. The Labute approximate surface area is 195 Å². The molecule has 34 heavy (non-hydrogen) atoms. The summed E-state index contributed by atoms with van der Waals surface area (Å²) in [5, 5.41) is 0. The summed E-state index contributed by atoms with van der Waals surface area (Å²) in [6.45, 7) is 3.26. The van der Waals surface area contributed by atoms with Crippen molar-refractivity contribution in [1.82, 2.24) is 9.62 Å². The lowest BCUT2D eigenvalue weighted by Gasteiger charge is -2.29. The minimum absolute atomic E-state index is 0.147. The fourth-order valence-corrected chi connectivity index (χ4v) is 4.90. The molecule has 0 aliphatic carbocycles. The van der Waals surface area contributed by atoms with E-state index in [1.54, 1.807) is 0 Å². The summed E-state index contributed by atoms with van der Waals surface area (Å²) in [7, 11) is -4.09. The van der Waals surface area contributed by atoms with E-state index in [1.807, 2.05) is 4.72 Å². The first-order valence-electron chi connectivity index (χ1n) is 10.7. The topological polar surface area (TPSA) is 66.5 Å². The molecular weight excluding hydrogens is 479 g/mol. The molecule has 0 radical (unpaired) electrons. The Morgan fingerprint density at radius 1 is 1.15 bits per heavy atom. The van der Waals surface area contributed by atoms with Crippen LogP contribution < -0.4 is 4.72 Å². The summed E-state index contributed by atoms with van der Waals surface area (Å²) in [4.78, 5) is 13.6. The van der Waals surface area contributed by atoms with Crippen molar-refractivity contribution in [2.75, 3.05) is 12.3 Å². The number of amides is 1. The monoisotopic (exact) mass is 504 g/mol. The molecule has 1 saturated heterocycles. The van der Waals surface area contributed by atoms with Gasteiger partial charge in [-0.1, -0.05) is 32.0 Å². The molecule has 3 rings (SSSR count). The molecule has 1 heterocycles. The van der Waals surface area contributed by atoms with Crippen molar-refractivity contribution < 1.29 is 35.2 Å². The molecule has 2 aromatic rings. The molecule has 0 aromatic heterocycles. The van der Waals surface area contributed by atoms with Gasteiger partial charge in [0.15, 0.2) is 0 Å². The number of hydrogen-bond acceptors (Lipinski definition) is 3. The van der Waals surface area contributed by atoms with Gasteiger partial charge in [0.2, 0.25) is 15.9 Å². The summed E-state index contributed by atoms with van der Waals surface area (Å²) >= 11 is 0. The standard InChI is InChI=1S/C23H25F5N2O3S/c1-4-34(32,33)29-21-19(30(12-23(21,27)28)22(31)13(2)3)10-14-6-5-7-16(20(14)26)17-11-15(24)8-9-18(17)25/h5-9,11,13,19,21,29H,4,10,12H2,1-3H3/t19-,21+/m0/s1. The SMILES string of the molecule is CCS(=O)(=O)N[C@@H]1[C@H](Cc2cccc(-c3cc(F)ccc3F)c2F)N(C(=O)C(C)C)CC1(F)F. The summed E-state index contributed by atoms with van der Waals surface area (Å²) in [6.07, 6.45) is -0.471. The van der Waals surface area contributed by atoms with Crippen molar-refractivity contribution in [3.63, 3.8) is 0 Å². The maximum Gasteiger partial charge on any atom is 0.283 e. The Morgan fingerprint density at radius 2 is 1.82 bits per heavy atom. The van der Waals surface area contributed by atoms with Crippen LogP contribution in [-0.4, -0.2) is 49.5 Å². The summed E-state index contributed by atoms with van der Waals surface area (Å²) in [5.74, 6) is -8.04. The van der Waals surface area contributed by atoms with E-state index in [2.05, 4.69) is 0 Å². The second kappa shape index (κ2) is 9.61. The van der Waals surface area contributed by atoms with Crippen molar-refractivity contribution in [2.45, 2.75) is 45.2 Å². The van der Waals surface area contributed by atoms with E-state index in [0.29, 0.717) is 0 Å². The second-order valence-electron chi connectivity index (χ2n) is 8.56. The molecule has 1 aliphatic rings. The van der Waals surface area contributed by atoms with Crippen LogP contribution in [0.3, 0.4) is 0 Å². The molecule has 2 atom stereocenters. The lowest BCUT2D eigenvalue weighted by atomic mass is 9.95. The summed E-state index contributed by atoms with van der Waals surface area (Å²) < 4.78 is 99.4. The number of alkyl halides is 2. The minimum Gasteiger partial charge on any atom is -0.331 e. The number of nitrogens with zero attached hydrogens (tertiary/aromatic N) is 1. The van der Waals surface area contributed by atoms with Crippen LogP contribution in [0.5, 0.6) is 0 Å². The molecule has 0 saturated carbocycles. The van der Waals surface area contributed by atoms with E-state index >= 15 is 4.39 Å². The van der Waals surface area contributed by atoms with E-state index in [9.17, 15) is 30.8 Å². The van der Waals surface area contributed by atoms with Gasteiger partial charge in [0.05, 0.1) is 18.3 Å². The van der Waals surface area contributed by atoms with Crippen LogP contribution in [0.15, 0.2) is 36.4 Å². The first kappa shape index (κ1) is 26.1. The van der Waals surface area contributed by atoms with Crippen LogP contribution in [0.25, 0.3) is 11.1 Å². The van der Waals surface area contributed by atoms with Crippen molar-refractivity contribution in [3.05, 3.63) is 59.4 Å². The predicted octanol–water partition coefficient (Wildman–Crippen LogP) is 4.12. The summed E-state index contributed by atoms with van der Waals surface area (Å²) in [6, 6.07) is 2.97. The van der Waals surface area contributed by atoms with Gasteiger partial charge in [-0.3, -0.25) is 4.79 Å². The fourth-order valence-electron chi connectivity index (χ4n) is 4.02. The van der Waals surface area contributed by atoms with Crippen LogP contribution in [0.4, 0.5) is 22.0 Å². The predicted molar refractivity (Wildman–Crippen MR) is 117 cm³/mol. The second-order valence-corrected chi connectivity index (χ2v) is 10.6. The van der Waals surface area contributed by atoms with Gasteiger partial charge in [-0.25, -0.2) is 35.1 Å². The third-order valence-corrected chi connectivity index (χ3v) is 7.18. The zero-order valence-electron chi connectivity index (χ0n) is 18.8. The first-order chi connectivity index (χ1) is 15.8. The Hall–Kier alpha value is -2.53. The Bertz CT molecular complexity index is 1190. The number of rotatable bonds is 7. The lowest BCUT2D eigenvalue weighted by Crippen LogP contribution is -2.53. The molecule has 0 unspecified atom stereocenters. The summed E-state index contributed by atoms with van der Waals surface area (Å²) in [5.41, 5.74) is -0.785. The average Bonchev–Trinajstić information content (AvgIpc) is 3.00. The Morgan fingerprint density at radius 3 is 2.44 bits per heavy atom. The third kappa shape index (κ3) is 5.25. The molecule has 0 spiro atoms. The van der Waals surface area contributed by atoms with Crippen LogP contribution in [-0.2, 0) is 21.2 Å². The van der Waals surface area contributed by atoms with E-state index in [1.165, 1.54) is 39.0 Å². The quantitative estimate of drug-likeness (QED) is 0.577. The zero-order chi connectivity index (χ0) is 25.4. The van der Waals surface area contributed by atoms with Crippen LogP contribution in [0, 0.1) is 23.4 Å². The highest BCUT2D eigenvalue weighted by molar-refractivity contribution is 7.89. The molecule has 1 fully saturated rings. The molecule has 2 aromatic carbocycles. The molecule has 5 nitrogen and oxygen atoms in total. The highest BCUT2D eigenvalue weighted by atomic mass is 32.2. The number of benzene rings is 2. The Kier molecular flexibility index (Phi) is 7.37. The number of sulfonamides is 1.